The molecule has 0 amide bonds. The third-order valence-electron chi connectivity index (χ3n) is 0.984. The van der Waals surface area contributed by atoms with Gasteiger partial charge in [0.1, 0.15) is 0 Å². The van der Waals surface area contributed by atoms with E-state index >= 15 is 0 Å². The zero-order valence-electron chi connectivity index (χ0n) is 5.07. The van der Waals surface area contributed by atoms with Crippen molar-refractivity contribution in [2.45, 2.75) is 0 Å². The van der Waals surface area contributed by atoms with Gasteiger partial charge in [-0.2, -0.15) is 0 Å². The third kappa shape index (κ3) is 2.81. The van der Waals surface area contributed by atoms with Crippen molar-refractivity contribution in [3.63, 3.8) is 0 Å². The quantitative estimate of drug-likeness (QED) is 0.410. The SMILES string of the molecule is Fc1cc[c]([Zn+])cc1Cl.[I-]. The molecule has 0 saturated heterocycles. The van der Waals surface area contributed by atoms with Crippen molar-refractivity contribution in [1.29, 1.82) is 0 Å². The van der Waals surface area contributed by atoms with Crippen molar-refractivity contribution in [2.24, 2.45) is 0 Å². The van der Waals surface area contributed by atoms with E-state index in [4.69, 9.17) is 11.6 Å². The molecule has 0 radical (unpaired) electrons. The van der Waals surface area contributed by atoms with Crippen LogP contribution in [0.5, 0.6) is 0 Å². The topological polar surface area (TPSA) is 0 Å². The van der Waals surface area contributed by atoms with Crippen molar-refractivity contribution < 1.29 is 46.7 Å². The molecule has 0 heterocycles. The summed E-state index contributed by atoms with van der Waals surface area (Å²) in [5, 5.41) is 0.221. The average Bonchev–Trinajstić information content (AvgIpc) is 1.80. The first kappa shape index (κ1) is 10.8. The van der Waals surface area contributed by atoms with Crippen LogP contribution in [0.2, 0.25) is 5.02 Å². The van der Waals surface area contributed by atoms with E-state index < -0.39 is 0 Å². The van der Waals surface area contributed by atoms with E-state index in [1.807, 2.05) is 0 Å². The van der Waals surface area contributed by atoms with E-state index in [1.54, 1.807) is 12.1 Å². The van der Waals surface area contributed by atoms with Gasteiger partial charge in [0, 0.05) is 0 Å². The molecule has 10 heavy (non-hydrogen) atoms. The molecule has 0 unspecified atom stereocenters. The summed E-state index contributed by atoms with van der Waals surface area (Å²) in [5.41, 5.74) is 0. The molecule has 0 aliphatic carbocycles. The predicted octanol–water partition coefficient (Wildman–Crippen LogP) is -1.34. The van der Waals surface area contributed by atoms with Crippen molar-refractivity contribution in [3.8, 4) is 0 Å². The van der Waals surface area contributed by atoms with Gasteiger partial charge in [-0.05, 0) is 0 Å². The zero-order chi connectivity index (χ0) is 6.85. The summed E-state index contributed by atoms with van der Waals surface area (Å²) in [6.45, 7) is 0. The standard InChI is InChI=1S/C6H3ClF.HI.Zn/c7-5-3-1-2-4-6(5)8;;/h2-4H;1H;/q;;+1/p-1. The Balaban J connectivity index is 0.000000810. The van der Waals surface area contributed by atoms with E-state index in [-0.39, 0.29) is 34.8 Å². The first-order valence-electron chi connectivity index (χ1n) is 2.47. The molecule has 0 nitrogen and oxygen atoms in total. The van der Waals surface area contributed by atoms with Crippen LogP contribution in [0.15, 0.2) is 18.2 Å². The Morgan fingerprint density at radius 2 is 2.00 bits per heavy atom. The maximum atomic E-state index is 12.4. The normalized spacial score (nSPS) is 8.80. The van der Waals surface area contributed by atoms with Gasteiger partial charge in [0.25, 0.3) is 0 Å². The number of halogens is 3. The second-order valence-electron chi connectivity index (χ2n) is 1.75. The first-order chi connectivity index (χ1) is 4.20. The van der Waals surface area contributed by atoms with Crippen LogP contribution in [-0.2, 0) is 18.3 Å². The molecule has 0 atom stereocenters. The Hall–Kier alpha value is 0.793. The second kappa shape index (κ2) is 4.63. The number of rotatable bonds is 0. The van der Waals surface area contributed by atoms with Gasteiger partial charge in [0.2, 0.25) is 0 Å². The smallest absolute Gasteiger partial charge is 1.00 e. The van der Waals surface area contributed by atoms with Crippen molar-refractivity contribution in [2.75, 3.05) is 0 Å². The van der Waals surface area contributed by atoms with E-state index in [9.17, 15) is 4.39 Å². The molecular formula is C6H3ClFIZn. The van der Waals surface area contributed by atoms with Crippen LogP contribution in [0.25, 0.3) is 0 Å². The minimum absolute atomic E-state index is 0. The van der Waals surface area contributed by atoms with Gasteiger partial charge in [0.05, 0.1) is 0 Å². The van der Waals surface area contributed by atoms with Crippen molar-refractivity contribution >= 4 is 15.8 Å². The molecule has 0 aromatic heterocycles. The molecule has 1 aromatic rings. The van der Waals surface area contributed by atoms with Gasteiger partial charge in [0.15, 0.2) is 0 Å². The monoisotopic (exact) mass is 320 g/mol. The van der Waals surface area contributed by atoms with Crippen molar-refractivity contribution in [1.82, 2.24) is 0 Å². The molecular weight excluding hydrogens is 319 g/mol. The fraction of sp³-hybridized carbons (Fsp3) is 0. The van der Waals surface area contributed by atoms with Crippen LogP contribution in [0.4, 0.5) is 4.39 Å². The number of hydrogen-bond acceptors (Lipinski definition) is 0. The molecule has 50 valence electrons. The fourth-order valence-electron chi connectivity index (χ4n) is 0.540. The molecule has 0 aliphatic heterocycles. The second-order valence-corrected chi connectivity index (χ2v) is 3.87. The van der Waals surface area contributed by atoms with E-state index in [0.717, 1.165) is 22.5 Å². The Morgan fingerprint density at radius 1 is 1.40 bits per heavy atom. The maximum absolute atomic E-state index is 12.4. The molecule has 1 rings (SSSR count). The van der Waals surface area contributed by atoms with E-state index in [1.165, 1.54) is 6.07 Å². The van der Waals surface area contributed by atoms with Crippen LogP contribution in [-0.4, -0.2) is 0 Å². The Labute approximate surface area is 90.8 Å². The van der Waals surface area contributed by atoms with Gasteiger partial charge >= 0.3 is 67.5 Å². The predicted molar refractivity (Wildman–Crippen MR) is 31.0 cm³/mol. The van der Waals surface area contributed by atoms with Gasteiger partial charge < -0.3 is 24.0 Å². The van der Waals surface area contributed by atoms with Crippen LogP contribution >= 0.6 is 11.6 Å². The molecule has 0 N–H and O–H groups in total. The largest absolute Gasteiger partial charge is 1.00 e. The summed E-state index contributed by atoms with van der Waals surface area (Å²) < 4.78 is 13.5. The van der Waals surface area contributed by atoms with Crippen LogP contribution in [0, 0.1) is 5.82 Å². The van der Waals surface area contributed by atoms with Gasteiger partial charge in [-0.25, -0.2) is 0 Å². The van der Waals surface area contributed by atoms with Gasteiger partial charge in [-0.1, -0.05) is 0 Å². The Morgan fingerprint density at radius 3 is 2.40 bits per heavy atom. The summed E-state index contributed by atoms with van der Waals surface area (Å²) in [6.07, 6.45) is 0. The molecule has 4 heteroatoms. The van der Waals surface area contributed by atoms with E-state index in [0.29, 0.717) is 0 Å². The minimum atomic E-state index is -0.339. The summed E-state index contributed by atoms with van der Waals surface area (Å²) in [5.74, 6) is -0.339. The first-order valence-corrected chi connectivity index (χ1v) is 4.33. The molecule has 0 spiro atoms. The van der Waals surface area contributed by atoms with E-state index in [2.05, 4.69) is 0 Å². The maximum Gasteiger partial charge on any atom is -1.00 e. The zero-order valence-corrected chi connectivity index (χ0v) is 11.0. The van der Waals surface area contributed by atoms with Crippen LogP contribution in [0.3, 0.4) is 0 Å². The average molecular weight is 322 g/mol. The molecule has 1 aromatic carbocycles. The van der Waals surface area contributed by atoms with Gasteiger partial charge in [-0.3, -0.25) is 0 Å². The summed E-state index contributed by atoms with van der Waals surface area (Å²) >= 11 is 6.47. The molecule has 0 saturated carbocycles. The number of benzene rings is 1. The molecule has 0 aliphatic rings. The Bertz CT molecular complexity index is 229. The summed E-state index contributed by atoms with van der Waals surface area (Å²) in [6, 6.07) is 4.78. The number of hydrogen-bond donors (Lipinski definition) is 0. The third-order valence-corrected chi connectivity index (χ3v) is 2.20. The molecule has 0 fully saturated rings. The van der Waals surface area contributed by atoms with Crippen molar-refractivity contribution in [3.05, 3.63) is 29.0 Å². The minimum Gasteiger partial charge on any atom is -1.00 e. The van der Waals surface area contributed by atoms with Crippen LogP contribution in [0.1, 0.15) is 0 Å². The Kier molecular flexibility index (Phi) is 4.99. The summed E-state index contributed by atoms with van der Waals surface area (Å²) in [4.78, 5) is 0. The molecule has 0 bridgehead atoms. The van der Waals surface area contributed by atoms with Gasteiger partial charge in [-0.15, -0.1) is 0 Å². The summed E-state index contributed by atoms with van der Waals surface area (Å²) in [7, 11) is 0. The fourth-order valence-corrected chi connectivity index (χ4v) is 1.69. The van der Waals surface area contributed by atoms with Crippen LogP contribution < -0.4 is 28.1 Å².